The van der Waals surface area contributed by atoms with E-state index in [0.717, 1.165) is 39.4 Å². The van der Waals surface area contributed by atoms with E-state index < -0.39 is 0 Å². The zero-order valence-corrected chi connectivity index (χ0v) is 16.3. The number of hydrogen-bond donors (Lipinski definition) is 0. The number of hydrogen-bond acceptors (Lipinski definition) is 4. The van der Waals surface area contributed by atoms with Gasteiger partial charge in [-0.05, 0) is 57.8 Å². The fraction of sp³-hybridized carbons (Fsp3) is 0.300. The Kier molecular flexibility index (Phi) is 4.17. The second kappa shape index (κ2) is 6.37. The summed E-state index contributed by atoms with van der Waals surface area (Å²) in [6.45, 7) is 5.69. The van der Waals surface area contributed by atoms with Gasteiger partial charge < -0.3 is 9.30 Å². The van der Waals surface area contributed by atoms with Gasteiger partial charge in [0.25, 0.3) is 0 Å². The molecule has 0 unspecified atom stereocenters. The van der Waals surface area contributed by atoms with Crippen molar-refractivity contribution in [3.05, 3.63) is 57.5 Å². The van der Waals surface area contributed by atoms with Crippen LogP contribution in [-0.4, -0.2) is 39.5 Å². The van der Waals surface area contributed by atoms with Gasteiger partial charge in [-0.1, -0.05) is 17.4 Å². The minimum atomic E-state index is 0.0985. The Balaban J connectivity index is 1.86. The number of thiazole rings is 1. The second-order valence-electron chi connectivity index (χ2n) is 6.98. The van der Waals surface area contributed by atoms with Crippen molar-refractivity contribution in [2.75, 3.05) is 20.6 Å². The van der Waals surface area contributed by atoms with E-state index in [2.05, 4.69) is 53.6 Å². The van der Waals surface area contributed by atoms with Gasteiger partial charge in [0.2, 0.25) is 0 Å². The van der Waals surface area contributed by atoms with Gasteiger partial charge in [0.05, 0.1) is 15.9 Å². The van der Waals surface area contributed by atoms with Gasteiger partial charge >= 0.3 is 4.87 Å². The number of rotatable bonds is 4. The van der Waals surface area contributed by atoms with Crippen molar-refractivity contribution in [2.45, 2.75) is 20.4 Å². The molecule has 0 saturated carbocycles. The molecule has 6 heteroatoms. The first kappa shape index (κ1) is 17.0. The first-order chi connectivity index (χ1) is 12.4. The minimum absolute atomic E-state index is 0.0985. The summed E-state index contributed by atoms with van der Waals surface area (Å²) in [6, 6.07) is 10.4. The molecular formula is C20H22N4OS. The van der Waals surface area contributed by atoms with Crippen LogP contribution in [0.5, 0.6) is 0 Å². The third-order valence-corrected chi connectivity index (χ3v) is 5.69. The van der Waals surface area contributed by atoms with Crippen molar-refractivity contribution in [1.82, 2.24) is 18.9 Å². The normalized spacial score (nSPS) is 11.9. The van der Waals surface area contributed by atoms with Crippen molar-refractivity contribution < 1.29 is 0 Å². The quantitative estimate of drug-likeness (QED) is 0.555. The summed E-state index contributed by atoms with van der Waals surface area (Å²) in [4.78, 5) is 19.4. The van der Waals surface area contributed by atoms with Crippen molar-refractivity contribution in [3.63, 3.8) is 0 Å². The summed E-state index contributed by atoms with van der Waals surface area (Å²) in [5.41, 5.74) is 6.26. The molecule has 3 heterocycles. The van der Waals surface area contributed by atoms with Gasteiger partial charge in [-0.3, -0.25) is 9.36 Å². The summed E-state index contributed by atoms with van der Waals surface area (Å²) < 4.78 is 5.01. The first-order valence-corrected chi connectivity index (χ1v) is 9.49. The summed E-state index contributed by atoms with van der Waals surface area (Å²) in [6.07, 6.45) is 2.06. The molecule has 4 rings (SSSR count). The van der Waals surface area contributed by atoms with Gasteiger partial charge in [-0.15, -0.1) is 0 Å². The average Bonchev–Trinajstić information content (AvgIpc) is 3.08. The van der Waals surface area contributed by atoms with Gasteiger partial charge in [0.15, 0.2) is 0 Å². The highest BCUT2D eigenvalue weighted by molar-refractivity contribution is 7.16. The van der Waals surface area contributed by atoms with Crippen LogP contribution < -0.4 is 4.87 Å². The van der Waals surface area contributed by atoms with E-state index in [1.807, 2.05) is 24.7 Å². The number of aromatic nitrogens is 3. The number of imidazole rings is 1. The maximum atomic E-state index is 12.4. The van der Waals surface area contributed by atoms with Gasteiger partial charge in [0, 0.05) is 30.5 Å². The molecule has 134 valence electrons. The zero-order chi connectivity index (χ0) is 18.4. The molecule has 0 radical (unpaired) electrons. The van der Waals surface area contributed by atoms with E-state index in [0.29, 0.717) is 6.54 Å². The van der Waals surface area contributed by atoms with Crippen LogP contribution in [0.2, 0.25) is 0 Å². The Bertz CT molecular complexity index is 1170. The molecule has 0 spiro atoms. The van der Waals surface area contributed by atoms with E-state index in [9.17, 15) is 4.79 Å². The van der Waals surface area contributed by atoms with Crippen LogP contribution in [0.4, 0.5) is 0 Å². The molecule has 0 saturated heterocycles. The molecule has 3 aromatic heterocycles. The molecule has 4 aromatic rings. The average molecular weight is 366 g/mol. The third-order valence-electron chi connectivity index (χ3n) is 4.73. The standard InChI is InChI=1S/C20H22N4OS/c1-13-7-8-23-14(2)19(21-18(23)11-13)15-5-6-17-16(12-15)24(20(25)26-17)10-9-22(3)4/h5-8,11-12H,9-10H2,1-4H3. The number of aryl methyl sites for hydroxylation is 2. The third kappa shape index (κ3) is 2.85. The highest BCUT2D eigenvalue weighted by atomic mass is 32.1. The van der Waals surface area contributed by atoms with Gasteiger partial charge in [-0.25, -0.2) is 4.98 Å². The zero-order valence-electron chi connectivity index (χ0n) is 15.5. The Morgan fingerprint density at radius 3 is 2.73 bits per heavy atom. The summed E-state index contributed by atoms with van der Waals surface area (Å²) in [5, 5.41) is 0. The van der Waals surface area contributed by atoms with Crippen LogP contribution in [0.3, 0.4) is 0 Å². The van der Waals surface area contributed by atoms with Crippen molar-refractivity contribution >= 4 is 27.2 Å². The molecule has 0 fully saturated rings. The van der Waals surface area contributed by atoms with Crippen molar-refractivity contribution in [3.8, 4) is 11.3 Å². The van der Waals surface area contributed by atoms with E-state index in [1.54, 1.807) is 0 Å². The molecule has 26 heavy (non-hydrogen) atoms. The highest BCUT2D eigenvalue weighted by Crippen LogP contribution is 2.28. The second-order valence-corrected chi connectivity index (χ2v) is 7.98. The SMILES string of the molecule is Cc1ccn2c(C)c(-c3ccc4sc(=O)n(CCN(C)C)c4c3)nc2c1. The number of pyridine rings is 1. The van der Waals surface area contributed by atoms with E-state index in [1.165, 1.54) is 16.9 Å². The fourth-order valence-corrected chi connectivity index (χ4v) is 4.16. The lowest BCUT2D eigenvalue weighted by Crippen LogP contribution is -2.23. The molecule has 0 N–H and O–H groups in total. The smallest absolute Gasteiger partial charge is 0.308 e. The molecule has 0 bridgehead atoms. The minimum Gasteiger partial charge on any atom is -0.308 e. The molecule has 1 aromatic carbocycles. The molecule has 0 aliphatic rings. The number of fused-ring (bicyclic) bond motifs is 2. The topological polar surface area (TPSA) is 42.5 Å². The highest BCUT2D eigenvalue weighted by Gasteiger charge is 2.14. The Morgan fingerprint density at radius 2 is 1.96 bits per heavy atom. The molecule has 0 aliphatic heterocycles. The monoisotopic (exact) mass is 366 g/mol. The maximum Gasteiger partial charge on any atom is 0.308 e. The van der Waals surface area contributed by atoms with E-state index >= 15 is 0 Å². The Labute approximate surface area is 156 Å². The Hall–Kier alpha value is -2.44. The molecule has 0 aliphatic carbocycles. The van der Waals surface area contributed by atoms with Crippen LogP contribution in [-0.2, 0) is 6.54 Å². The van der Waals surface area contributed by atoms with E-state index in [-0.39, 0.29) is 4.87 Å². The fourth-order valence-electron chi connectivity index (χ4n) is 3.26. The number of nitrogens with zero attached hydrogens (tertiary/aromatic N) is 4. The van der Waals surface area contributed by atoms with Crippen LogP contribution in [0.15, 0.2) is 41.3 Å². The maximum absolute atomic E-state index is 12.4. The van der Waals surface area contributed by atoms with Gasteiger partial charge in [-0.2, -0.15) is 0 Å². The lowest BCUT2D eigenvalue weighted by Gasteiger charge is -2.10. The number of benzene rings is 1. The summed E-state index contributed by atoms with van der Waals surface area (Å²) in [7, 11) is 4.04. The van der Waals surface area contributed by atoms with Crippen LogP contribution in [0.25, 0.3) is 27.1 Å². The summed E-state index contributed by atoms with van der Waals surface area (Å²) >= 11 is 1.31. The summed E-state index contributed by atoms with van der Waals surface area (Å²) in [5.74, 6) is 0. The number of likely N-dealkylation sites (N-methyl/N-ethyl adjacent to an activating group) is 1. The molecule has 0 atom stereocenters. The largest absolute Gasteiger partial charge is 0.308 e. The predicted molar refractivity (Wildman–Crippen MR) is 108 cm³/mol. The van der Waals surface area contributed by atoms with Crippen LogP contribution in [0, 0.1) is 13.8 Å². The molecule has 0 amide bonds. The van der Waals surface area contributed by atoms with Crippen molar-refractivity contribution in [1.29, 1.82) is 0 Å². The van der Waals surface area contributed by atoms with E-state index in [4.69, 9.17) is 4.98 Å². The predicted octanol–water partition coefficient (Wildman–Crippen LogP) is 3.56. The lowest BCUT2D eigenvalue weighted by molar-refractivity contribution is 0.385. The van der Waals surface area contributed by atoms with Crippen molar-refractivity contribution in [2.24, 2.45) is 0 Å². The van der Waals surface area contributed by atoms with Crippen LogP contribution in [0.1, 0.15) is 11.3 Å². The lowest BCUT2D eigenvalue weighted by atomic mass is 10.1. The molecular weight excluding hydrogens is 344 g/mol. The molecule has 5 nitrogen and oxygen atoms in total. The van der Waals surface area contributed by atoms with Crippen LogP contribution >= 0.6 is 11.3 Å². The Morgan fingerprint density at radius 1 is 1.15 bits per heavy atom. The first-order valence-electron chi connectivity index (χ1n) is 8.68. The van der Waals surface area contributed by atoms with Gasteiger partial charge in [0.1, 0.15) is 5.65 Å².